The molecule has 0 saturated heterocycles. The highest BCUT2D eigenvalue weighted by Gasteiger charge is 2.25. The lowest BCUT2D eigenvalue weighted by Gasteiger charge is -2.00. The Morgan fingerprint density at radius 2 is 2.22 bits per heavy atom. The van der Waals surface area contributed by atoms with Crippen LogP contribution >= 0.6 is 11.3 Å². The van der Waals surface area contributed by atoms with Gasteiger partial charge in [0.1, 0.15) is 5.69 Å². The molecule has 1 fully saturated rings. The minimum atomic E-state index is -0.204. The van der Waals surface area contributed by atoms with Gasteiger partial charge in [-0.15, -0.1) is 11.3 Å². The fraction of sp³-hybridized carbons (Fsp3) is 0.583. The molecular formula is C12H17N3O2S. The molecule has 1 aliphatic carbocycles. The maximum absolute atomic E-state index is 11.7. The molecule has 0 aliphatic heterocycles. The van der Waals surface area contributed by atoms with Gasteiger partial charge >= 0.3 is 0 Å². The van der Waals surface area contributed by atoms with Crippen molar-refractivity contribution in [1.82, 2.24) is 15.6 Å². The number of nitrogens with zero attached hydrogens (tertiary/aromatic N) is 1. The molecule has 0 atom stereocenters. The molecule has 1 heterocycles. The lowest BCUT2D eigenvalue weighted by molar-refractivity contribution is 0.0947. The molecule has 6 heteroatoms. The van der Waals surface area contributed by atoms with Gasteiger partial charge in [-0.2, -0.15) is 0 Å². The van der Waals surface area contributed by atoms with Crippen LogP contribution in [0.25, 0.3) is 0 Å². The third kappa shape index (κ3) is 3.53. The van der Waals surface area contributed by atoms with E-state index in [4.69, 9.17) is 0 Å². The summed E-state index contributed by atoms with van der Waals surface area (Å²) in [6, 6.07) is 0.309. The number of aromatic nitrogens is 1. The van der Waals surface area contributed by atoms with Crippen molar-refractivity contribution in [3.63, 3.8) is 0 Å². The average Bonchev–Trinajstić information content (AvgIpc) is 3.02. The highest BCUT2D eigenvalue weighted by atomic mass is 32.1. The van der Waals surface area contributed by atoms with Crippen molar-refractivity contribution in [2.45, 2.75) is 38.6 Å². The van der Waals surface area contributed by atoms with Crippen LogP contribution in [0, 0.1) is 0 Å². The second-order valence-corrected chi connectivity index (χ2v) is 5.25. The predicted molar refractivity (Wildman–Crippen MR) is 69.8 cm³/mol. The quantitative estimate of drug-likeness (QED) is 0.768. The maximum Gasteiger partial charge on any atom is 0.280 e. The minimum absolute atomic E-state index is 0.171. The summed E-state index contributed by atoms with van der Waals surface area (Å²) >= 11 is 1.21. The first-order valence-corrected chi connectivity index (χ1v) is 7.13. The highest BCUT2D eigenvalue weighted by Crippen LogP contribution is 2.20. The summed E-state index contributed by atoms with van der Waals surface area (Å²) in [6.45, 7) is 2.71. The number of unbranched alkanes of at least 4 members (excludes halogenated alkanes) is 1. The van der Waals surface area contributed by atoms with Gasteiger partial charge in [0.15, 0.2) is 5.01 Å². The minimum Gasteiger partial charge on any atom is -0.351 e. The number of hydrogen-bond acceptors (Lipinski definition) is 4. The van der Waals surface area contributed by atoms with E-state index in [1.807, 2.05) is 0 Å². The highest BCUT2D eigenvalue weighted by molar-refractivity contribution is 7.11. The molecular weight excluding hydrogens is 250 g/mol. The molecule has 0 spiro atoms. The molecule has 0 bridgehead atoms. The molecule has 2 rings (SSSR count). The second-order valence-electron chi connectivity index (χ2n) is 4.40. The zero-order valence-electron chi connectivity index (χ0n) is 10.4. The molecule has 1 aliphatic rings. The van der Waals surface area contributed by atoms with E-state index in [2.05, 4.69) is 22.5 Å². The van der Waals surface area contributed by atoms with Crippen molar-refractivity contribution < 1.29 is 9.59 Å². The number of amides is 2. The summed E-state index contributed by atoms with van der Waals surface area (Å²) < 4.78 is 0. The molecule has 5 nitrogen and oxygen atoms in total. The Bertz CT molecular complexity index is 440. The lowest BCUT2D eigenvalue weighted by Crippen LogP contribution is -2.27. The van der Waals surface area contributed by atoms with E-state index in [1.165, 1.54) is 11.3 Å². The second kappa shape index (κ2) is 5.95. The van der Waals surface area contributed by atoms with Gasteiger partial charge in [0.2, 0.25) is 0 Å². The van der Waals surface area contributed by atoms with E-state index < -0.39 is 0 Å². The predicted octanol–water partition coefficient (Wildman–Crippen LogP) is 1.57. The normalized spacial score (nSPS) is 14.3. The summed E-state index contributed by atoms with van der Waals surface area (Å²) in [5.41, 5.74) is 0.331. The Labute approximate surface area is 110 Å². The fourth-order valence-electron chi connectivity index (χ4n) is 1.43. The van der Waals surface area contributed by atoms with Crippen LogP contribution < -0.4 is 10.6 Å². The van der Waals surface area contributed by atoms with E-state index in [0.717, 1.165) is 25.7 Å². The van der Waals surface area contributed by atoms with Crippen LogP contribution in [0.2, 0.25) is 0 Å². The zero-order valence-corrected chi connectivity index (χ0v) is 11.2. The van der Waals surface area contributed by atoms with E-state index in [9.17, 15) is 9.59 Å². The molecule has 2 amide bonds. The Balaban J connectivity index is 1.87. The van der Waals surface area contributed by atoms with Gasteiger partial charge in [-0.1, -0.05) is 13.3 Å². The van der Waals surface area contributed by atoms with Crippen molar-refractivity contribution in [3.8, 4) is 0 Å². The standard InChI is InChI=1S/C12H17N3O2S/c1-2-3-6-13-10(16)9-7-18-12(15-9)11(17)14-8-4-5-8/h7-8H,2-6H2,1H3,(H,13,16)(H,14,17). The first-order valence-electron chi connectivity index (χ1n) is 6.25. The third-order valence-electron chi connectivity index (χ3n) is 2.66. The van der Waals surface area contributed by atoms with Gasteiger partial charge in [-0.3, -0.25) is 9.59 Å². The smallest absolute Gasteiger partial charge is 0.280 e. The molecule has 0 unspecified atom stereocenters. The van der Waals surface area contributed by atoms with Gasteiger partial charge in [-0.25, -0.2) is 4.98 Å². The Hall–Kier alpha value is -1.43. The summed E-state index contributed by atoms with van der Waals surface area (Å²) in [4.78, 5) is 27.5. The zero-order chi connectivity index (χ0) is 13.0. The summed E-state index contributed by atoms with van der Waals surface area (Å²) in [5, 5.41) is 7.62. The van der Waals surface area contributed by atoms with Crippen LogP contribution in [0.5, 0.6) is 0 Å². The molecule has 0 aromatic carbocycles. The van der Waals surface area contributed by atoms with Gasteiger partial charge < -0.3 is 10.6 Å². The number of hydrogen-bond donors (Lipinski definition) is 2. The SMILES string of the molecule is CCCCNC(=O)c1csc(C(=O)NC2CC2)n1. The number of thiazole rings is 1. The monoisotopic (exact) mass is 267 g/mol. The third-order valence-corrected chi connectivity index (χ3v) is 3.50. The molecule has 0 radical (unpaired) electrons. The van der Waals surface area contributed by atoms with E-state index in [1.54, 1.807) is 5.38 Å². The molecule has 2 N–H and O–H groups in total. The molecule has 1 aromatic rings. The Kier molecular flexibility index (Phi) is 4.30. The van der Waals surface area contributed by atoms with Crippen molar-refractivity contribution in [3.05, 3.63) is 16.1 Å². The van der Waals surface area contributed by atoms with E-state index in [0.29, 0.717) is 23.3 Å². The van der Waals surface area contributed by atoms with Crippen LogP contribution in [0.3, 0.4) is 0 Å². The van der Waals surface area contributed by atoms with Crippen molar-refractivity contribution in [2.24, 2.45) is 0 Å². The maximum atomic E-state index is 11.7. The van der Waals surface area contributed by atoms with Crippen LogP contribution in [0.15, 0.2) is 5.38 Å². The van der Waals surface area contributed by atoms with Gasteiger partial charge in [0, 0.05) is 18.0 Å². The first-order chi connectivity index (χ1) is 8.70. The summed E-state index contributed by atoms with van der Waals surface area (Å²) in [6.07, 6.45) is 4.07. The molecule has 98 valence electrons. The van der Waals surface area contributed by atoms with Gasteiger partial charge in [-0.05, 0) is 19.3 Å². The van der Waals surface area contributed by atoms with Gasteiger partial charge in [0.05, 0.1) is 0 Å². The molecule has 1 saturated carbocycles. The van der Waals surface area contributed by atoms with E-state index >= 15 is 0 Å². The largest absolute Gasteiger partial charge is 0.351 e. The Morgan fingerprint density at radius 3 is 2.89 bits per heavy atom. The number of nitrogens with one attached hydrogen (secondary N) is 2. The Morgan fingerprint density at radius 1 is 1.44 bits per heavy atom. The average molecular weight is 267 g/mol. The van der Waals surface area contributed by atoms with Crippen molar-refractivity contribution in [1.29, 1.82) is 0 Å². The summed E-state index contributed by atoms with van der Waals surface area (Å²) in [5.74, 6) is -0.375. The topological polar surface area (TPSA) is 71.1 Å². The van der Waals surface area contributed by atoms with E-state index in [-0.39, 0.29) is 11.8 Å². The fourth-order valence-corrected chi connectivity index (χ4v) is 2.13. The van der Waals surface area contributed by atoms with Gasteiger partial charge in [0.25, 0.3) is 11.8 Å². The summed E-state index contributed by atoms with van der Waals surface area (Å²) in [7, 11) is 0. The molecule has 18 heavy (non-hydrogen) atoms. The van der Waals surface area contributed by atoms with Crippen LogP contribution in [0.4, 0.5) is 0 Å². The van der Waals surface area contributed by atoms with Crippen LogP contribution in [-0.2, 0) is 0 Å². The first kappa shape index (κ1) is 13.0. The van der Waals surface area contributed by atoms with Crippen LogP contribution in [-0.4, -0.2) is 29.4 Å². The van der Waals surface area contributed by atoms with Crippen molar-refractivity contribution >= 4 is 23.2 Å². The number of carbonyl (C=O) groups is 2. The van der Waals surface area contributed by atoms with Crippen molar-refractivity contribution in [2.75, 3.05) is 6.54 Å². The lowest BCUT2D eigenvalue weighted by atomic mass is 10.3. The number of rotatable bonds is 6. The number of carbonyl (C=O) groups excluding carboxylic acids is 2. The molecule has 1 aromatic heterocycles. The van der Waals surface area contributed by atoms with Crippen LogP contribution in [0.1, 0.15) is 52.9 Å².